The van der Waals surface area contributed by atoms with Crippen LogP contribution >= 0.6 is 11.8 Å². The summed E-state index contributed by atoms with van der Waals surface area (Å²) in [6, 6.07) is 0.172. The maximum atomic E-state index is 12.0. The number of hydrogen-bond donors (Lipinski definition) is 3. The van der Waals surface area contributed by atoms with E-state index in [1.54, 1.807) is 0 Å². The molecule has 2 atom stereocenters. The molecule has 0 aromatic rings. The molecule has 0 aromatic carbocycles. The summed E-state index contributed by atoms with van der Waals surface area (Å²) in [6.45, 7) is 2.56. The maximum absolute atomic E-state index is 12.0. The number of rotatable bonds is 5. The van der Waals surface area contributed by atoms with E-state index in [2.05, 4.69) is 17.6 Å². The highest BCUT2D eigenvalue weighted by molar-refractivity contribution is 7.99. The van der Waals surface area contributed by atoms with Crippen molar-refractivity contribution >= 4 is 17.8 Å². The van der Waals surface area contributed by atoms with Gasteiger partial charge in [0.25, 0.3) is 0 Å². The van der Waals surface area contributed by atoms with Crippen molar-refractivity contribution in [2.75, 3.05) is 12.3 Å². The minimum Gasteiger partial charge on any atom is -0.388 e. The van der Waals surface area contributed by atoms with Crippen LogP contribution in [0.5, 0.6) is 0 Å². The fraction of sp³-hybridized carbons (Fsp3) is 0.933. The number of carbonyl (C=O) groups excluding carboxylic acids is 1. The van der Waals surface area contributed by atoms with E-state index in [-0.39, 0.29) is 12.1 Å². The highest BCUT2D eigenvalue weighted by atomic mass is 32.2. The monoisotopic (exact) mass is 300 g/mol. The van der Waals surface area contributed by atoms with Crippen LogP contribution in [0.4, 0.5) is 4.79 Å². The van der Waals surface area contributed by atoms with Crippen molar-refractivity contribution < 1.29 is 9.90 Å². The Morgan fingerprint density at radius 1 is 1.25 bits per heavy atom. The molecule has 2 aliphatic rings. The molecule has 20 heavy (non-hydrogen) atoms. The van der Waals surface area contributed by atoms with Crippen molar-refractivity contribution in [3.05, 3.63) is 0 Å². The third kappa shape index (κ3) is 4.55. The Morgan fingerprint density at radius 2 is 1.95 bits per heavy atom. The number of nitrogens with one attached hydrogen (secondary N) is 2. The second kappa shape index (κ2) is 7.55. The number of thioether (sulfide) groups is 1. The molecule has 0 aromatic heterocycles. The molecule has 0 spiro atoms. The van der Waals surface area contributed by atoms with Crippen molar-refractivity contribution in [1.82, 2.24) is 10.6 Å². The molecule has 0 aliphatic heterocycles. The molecule has 5 heteroatoms. The van der Waals surface area contributed by atoms with Crippen molar-refractivity contribution in [1.29, 1.82) is 0 Å². The predicted molar refractivity (Wildman–Crippen MR) is 84.1 cm³/mol. The molecule has 0 bridgehead atoms. The summed E-state index contributed by atoms with van der Waals surface area (Å²) in [5.74, 6) is 1.10. The van der Waals surface area contributed by atoms with Crippen molar-refractivity contribution in [2.24, 2.45) is 0 Å². The zero-order valence-corrected chi connectivity index (χ0v) is 13.3. The summed E-state index contributed by atoms with van der Waals surface area (Å²) in [7, 11) is 0. The zero-order chi connectivity index (χ0) is 14.4. The molecule has 2 aliphatic carbocycles. The van der Waals surface area contributed by atoms with E-state index in [0.29, 0.717) is 11.8 Å². The Balaban J connectivity index is 1.74. The van der Waals surface area contributed by atoms with Crippen LogP contribution < -0.4 is 10.6 Å². The third-order valence-corrected chi connectivity index (χ3v) is 5.84. The van der Waals surface area contributed by atoms with Gasteiger partial charge in [-0.3, -0.25) is 0 Å². The van der Waals surface area contributed by atoms with Gasteiger partial charge in [0, 0.05) is 17.8 Å². The summed E-state index contributed by atoms with van der Waals surface area (Å²) in [5, 5.41) is 16.8. The van der Waals surface area contributed by atoms with Gasteiger partial charge in [0.15, 0.2) is 0 Å². The average molecular weight is 300 g/mol. The lowest BCUT2D eigenvalue weighted by Crippen LogP contribution is -2.51. The standard InChI is InChI=1S/C15H28N2O2S/c1-2-20-13-8-4-3-7-12(13)17-14(18)16-11-15(19)9-5-6-10-15/h12-13,19H,2-11H2,1H3,(H2,16,17,18). The Hall–Kier alpha value is -0.420. The largest absolute Gasteiger partial charge is 0.388 e. The Labute approximate surface area is 126 Å². The first kappa shape index (κ1) is 16.0. The molecule has 0 heterocycles. The normalized spacial score (nSPS) is 29.1. The molecule has 2 fully saturated rings. The number of carbonyl (C=O) groups is 1. The van der Waals surface area contributed by atoms with Gasteiger partial charge in [0.2, 0.25) is 0 Å². The number of hydrogen-bond acceptors (Lipinski definition) is 3. The lowest BCUT2D eigenvalue weighted by Gasteiger charge is -2.32. The van der Waals surface area contributed by atoms with Crippen LogP contribution in [-0.4, -0.2) is 40.3 Å². The molecular weight excluding hydrogens is 272 g/mol. The quantitative estimate of drug-likeness (QED) is 0.731. The van der Waals surface area contributed by atoms with E-state index in [4.69, 9.17) is 0 Å². The molecule has 2 rings (SSSR count). The van der Waals surface area contributed by atoms with Gasteiger partial charge >= 0.3 is 6.03 Å². The first-order valence-electron chi connectivity index (χ1n) is 8.01. The van der Waals surface area contributed by atoms with E-state index in [0.717, 1.165) is 37.9 Å². The van der Waals surface area contributed by atoms with Gasteiger partial charge in [-0.2, -0.15) is 11.8 Å². The van der Waals surface area contributed by atoms with Crippen LogP contribution in [0.25, 0.3) is 0 Å². The maximum Gasteiger partial charge on any atom is 0.315 e. The van der Waals surface area contributed by atoms with Crippen LogP contribution in [0.15, 0.2) is 0 Å². The second-order valence-electron chi connectivity index (χ2n) is 6.14. The highest BCUT2D eigenvalue weighted by Crippen LogP contribution is 2.29. The van der Waals surface area contributed by atoms with Crippen LogP contribution in [0.2, 0.25) is 0 Å². The Kier molecular flexibility index (Phi) is 6.02. The summed E-state index contributed by atoms with van der Waals surface area (Å²) in [5.41, 5.74) is -0.665. The number of aliphatic hydroxyl groups is 1. The van der Waals surface area contributed by atoms with Gasteiger partial charge in [-0.05, 0) is 31.4 Å². The molecular formula is C15H28N2O2S. The fourth-order valence-corrected chi connectivity index (χ4v) is 4.55. The van der Waals surface area contributed by atoms with Crippen molar-refractivity contribution in [3.8, 4) is 0 Å². The average Bonchev–Trinajstić information content (AvgIpc) is 2.87. The molecule has 2 saturated carbocycles. The summed E-state index contributed by atoms with van der Waals surface area (Å²) < 4.78 is 0. The van der Waals surface area contributed by atoms with Crippen molar-refractivity contribution in [3.63, 3.8) is 0 Å². The molecule has 4 nitrogen and oxygen atoms in total. The minimum absolute atomic E-state index is 0.112. The Bertz CT molecular complexity index is 317. The third-order valence-electron chi connectivity index (χ3n) is 4.51. The van der Waals surface area contributed by atoms with Gasteiger partial charge in [0.1, 0.15) is 0 Å². The molecule has 0 radical (unpaired) electrons. The number of urea groups is 1. The van der Waals surface area contributed by atoms with Crippen LogP contribution in [-0.2, 0) is 0 Å². The zero-order valence-electron chi connectivity index (χ0n) is 12.5. The van der Waals surface area contributed by atoms with Crippen LogP contribution in [0.1, 0.15) is 58.3 Å². The topological polar surface area (TPSA) is 61.4 Å². The van der Waals surface area contributed by atoms with Gasteiger partial charge < -0.3 is 15.7 Å². The molecule has 2 unspecified atom stereocenters. The first-order chi connectivity index (χ1) is 9.63. The smallest absolute Gasteiger partial charge is 0.315 e. The van der Waals surface area contributed by atoms with Crippen molar-refractivity contribution in [2.45, 2.75) is 75.2 Å². The lowest BCUT2D eigenvalue weighted by atomic mass is 9.95. The second-order valence-corrected chi connectivity index (χ2v) is 7.66. The molecule has 0 saturated heterocycles. The molecule has 2 amide bonds. The van der Waals surface area contributed by atoms with E-state index < -0.39 is 5.60 Å². The Morgan fingerprint density at radius 3 is 2.65 bits per heavy atom. The SMILES string of the molecule is CCSC1CCCCC1NC(=O)NCC1(O)CCCC1. The van der Waals surface area contributed by atoms with Gasteiger partial charge in [0.05, 0.1) is 5.60 Å². The predicted octanol–water partition coefficient (Wildman–Crippen LogP) is 2.66. The van der Waals surface area contributed by atoms with E-state index in [1.807, 2.05) is 11.8 Å². The summed E-state index contributed by atoms with van der Waals surface area (Å²) >= 11 is 1.95. The van der Waals surface area contributed by atoms with Gasteiger partial charge in [-0.1, -0.05) is 32.6 Å². The van der Waals surface area contributed by atoms with E-state index in [1.165, 1.54) is 19.3 Å². The highest BCUT2D eigenvalue weighted by Gasteiger charge is 2.32. The molecule has 3 N–H and O–H groups in total. The molecule has 116 valence electrons. The summed E-state index contributed by atoms with van der Waals surface area (Å²) in [4.78, 5) is 12.0. The van der Waals surface area contributed by atoms with Crippen LogP contribution in [0.3, 0.4) is 0 Å². The number of amides is 2. The minimum atomic E-state index is -0.665. The summed E-state index contributed by atoms with van der Waals surface area (Å²) in [6.07, 6.45) is 8.51. The fourth-order valence-electron chi connectivity index (χ4n) is 3.35. The van der Waals surface area contributed by atoms with E-state index in [9.17, 15) is 9.90 Å². The first-order valence-corrected chi connectivity index (χ1v) is 9.06. The van der Waals surface area contributed by atoms with Gasteiger partial charge in [-0.15, -0.1) is 0 Å². The van der Waals surface area contributed by atoms with Crippen LogP contribution in [0, 0.1) is 0 Å². The lowest BCUT2D eigenvalue weighted by molar-refractivity contribution is 0.0499. The van der Waals surface area contributed by atoms with Gasteiger partial charge in [-0.25, -0.2) is 4.79 Å². The van der Waals surface area contributed by atoms with E-state index >= 15 is 0 Å².